The van der Waals surface area contributed by atoms with Gasteiger partial charge in [0, 0.05) is 42.4 Å². The summed E-state index contributed by atoms with van der Waals surface area (Å²) in [6.45, 7) is -0.295. The fourth-order valence-electron chi connectivity index (χ4n) is 11.3. The van der Waals surface area contributed by atoms with Gasteiger partial charge < -0.3 is 35.3 Å². The Morgan fingerprint density at radius 3 is 2.58 bits per heavy atom. The molecule has 9 nitrogen and oxygen atoms in total. The predicted molar refractivity (Wildman–Crippen MR) is 240 cm³/mol. The SMILES string of the molecule is O=C1CCc2cc(c(O)c(OC3CCCC3)c2)Cc2cccc(c2)C2CCC([N-]c3[nH]ccc32)C2=Cc3[n-]ccc3C(CC3C=Cc4c(O)cccc4CC3)C2C(=O)C1CCO. The van der Waals surface area contributed by atoms with Crippen LogP contribution in [0.1, 0.15) is 126 Å². The van der Waals surface area contributed by atoms with Crippen LogP contribution >= 0.6 is 0 Å². The number of hydrogen-bond donors (Lipinski definition) is 4. The van der Waals surface area contributed by atoms with E-state index < -0.39 is 11.8 Å². The number of phenolic OH excluding ortho intramolecular Hbond substituents is 2. The molecule has 1 saturated carbocycles. The first kappa shape index (κ1) is 40.3. The van der Waals surface area contributed by atoms with Gasteiger partial charge in [-0.3, -0.25) is 9.59 Å². The number of ketones is 2. The number of aromatic nitrogens is 2. The molecule has 5 aliphatic rings. The summed E-state index contributed by atoms with van der Waals surface area (Å²) < 4.78 is 6.46. The van der Waals surface area contributed by atoms with Crippen molar-refractivity contribution in [2.45, 2.75) is 107 Å². The van der Waals surface area contributed by atoms with Crippen LogP contribution in [0.4, 0.5) is 5.82 Å². The van der Waals surface area contributed by atoms with Gasteiger partial charge in [0.25, 0.3) is 0 Å². The fourth-order valence-corrected chi connectivity index (χ4v) is 11.3. The number of nitrogens with zero attached hydrogens (tertiary/aromatic N) is 2. The van der Waals surface area contributed by atoms with Crippen LogP contribution in [0.25, 0.3) is 17.5 Å². The third kappa shape index (κ3) is 7.80. The van der Waals surface area contributed by atoms with E-state index in [1.807, 2.05) is 42.7 Å². The normalized spacial score (nSPS) is 25.0. The molecule has 5 aromatic rings. The number of Topliss-reactive ketones (excluding diaryl/α,β-unsaturated/α-hetero) is 2. The highest BCUT2D eigenvalue weighted by Gasteiger charge is 2.43. The molecule has 3 heterocycles. The summed E-state index contributed by atoms with van der Waals surface area (Å²) in [6, 6.07) is 22.0. The Bertz CT molecular complexity index is 2540. The van der Waals surface area contributed by atoms with Crippen LogP contribution in [0.2, 0.25) is 0 Å². The number of allylic oxidation sites excluding steroid dienone is 1. The average molecular weight is 830 g/mol. The molecule has 6 atom stereocenters. The van der Waals surface area contributed by atoms with E-state index in [0.717, 1.165) is 101 Å². The van der Waals surface area contributed by atoms with Crippen LogP contribution in [0, 0.1) is 17.8 Å². The smallest absolute Gasteiger partial charge is 0.161 e. The molecular weight excluding hydrogens is 775 g/mol. The summed E-state index contributed by atoms with van der Waals surface area (Å²) in [5.41, 5.74) is 9.61. The molecule has 10 rings (SSSR count). The van der Waals surface area contributed by atoms with Crippen LogP contribution in [-0.2, 0) is 28.9 Å². The van der Waals surface area contributed by atoms with Gasteiger partial charge in [-0.2, -0.15) is 6.20 Å². The molecule has 320 valence electrons. The molecule has 9 heteroatoms. The van der Waals surface area contributed by atoms with Gasteiger partial charge in [-0.15, -0.1) is 5.69 Å². The minimum absolute atomic E-state index is 0.0321. The highest BCUT2D eigenvalue weighted by atomic mass is 16.5. The Morgan fingerprint density at radius 2 is 1.71 bits per heavy atom. The lowest BCUT2D eigenvalue weighted by Crippen LogP contribution is -2.39. The second-order valence-corrected chi connectivity index (χ2v) is 18.3. The number of aliphatic hydroxyl groups is 1. The lowest BCUT2D eigenvalue weighted by atomic mass is 9.66. The van der Waals surface area contributed by atoms with E-state index in [0.29, 0.717) is 31.4 Å². The van der Waals surface area contributed by atoms with Crippen LogP contribution in [-0.4, -0.2) is 50.6 Å². The summed E-state index contributed by atoms with van der Waals surface area (Å²) >= 11 is 0. The van der Waals surface area contributed by atoms with Crippen molar-refractivity contribution in [1.82, 2.24) is 9.97 Å². The van der Waals surface area contributed by atoms with Gasteiger partial charge in [0.1, 0.15) is 11.5 Å². The number of fused-ring (bicyclic) bond motifs is 14. The van der Waals surface area contributed by atoms with Crippen molar-refractivity contribution in [3.8, 4) is 17.2 Å². The Hall–Kier alpha value is -5.80. The fraction of sp³-hybridized carbons (Fsp3) is 0.396. The lowest BCUT2D eigenvalue weighted by molar-refractivity contribution is -0.135. The minimum Gasteiger partial charge on any atom is -0.664 e. The van der Waals surface area contributed by atoms with Gasteiger partial charge in [-0.05, 0) is 128 Å². The molecule has 4 aliphatic carbocycles. The van der Waals surface area contributed by atoms with Gasteiger partial charge >= 0.3 is 0 Å². The van der Waals surface area contributed by atoms with E-state index >= 15 is 4.79 Å². The van der Waals surface area contributed by atoms with E-state index in [-0.39, 0.29) is 72.4 Å². The number of hydrogen-bond acceptors (Lipinski definition) is 6. The molecule has 1 aliphatic heterocycles. The molecule has 6 unspecified atom stereocenters. The summed E-state index contributed by atoms with van der Waals surface area (Å²) in [7, 11) is 0. The van der Waals surface area contributed by atoms with Gasteiger partial charge in [-0.25, -0.2) is 0 Å². The zero-order valence-electron chi connectivity index (χ0n) is 35.1. The number of nitrogens with one attached hydrogen (secondary N) is 1. The lowest BCUT2D eigenvalue weighted by Gasteiger charge is -2.41. The van der Waals surface area contributed by atoms with E-state index in [4.69, 9.17) is 15.0 Å². The first-order valence-corrected chi connectivity index (χ1v) is 22.8. The number of carbonyl (C=O) groups excluding carboxylic acids is 2. The maximum Gasteiger partial charge on any atom is 0.161 e. The van der Waals surface area contributed by atoms with E-state index in [9.17, 15) is 20.1 Å². The molecule has 4 N–H and O–H groups in total. The number of aliphatic hydroxyl groups excluding tert-OH is 1. The summed E-state index contributed by atoms with van der Waals surface area (Å²) in [6.07, 6.45) is 18.9. The Balaban J connectivity index is 1.08. The number of carbonyl (C=O) groups is 2. The number of H-pyrrole nitrogens is 1. The van der Waals surface area contributed by atoms with Crippen molar-refractivity contribution >= 4 is 29.5 Å². The van der Waals surface area contributed by atoms with E-state index in [1.54, 1.807) is 6.07 Å². The maximum atomic E-state index is 15.6. The van der Waals surface area contributed by atoms with Crippen LogP contribution in [0.5, 0.6) is 17.2 Å². The summed E-state index contributed by atoms with van der Waals surface area (Å²) in [4.78, 5) is 38.6. The first-order chi connectivity index (χ1) is 30.3. The van der Waals surface area contributed by atoms with Crippen molar-refractivity contribution in [2.24, 2.45) is 17.8 Å². The number of aromatic amines is 1. The Labute approximate surface area is 363 Å². The molecule has 1 fully saturated rings. The third-order valence-corrected chi connectivity index (χ3v) is 14.5. The molecule has 0 radical (unpaired) electrons. The number of aryl methyl sites for hydroxylation is 2. The van der Waals surface area contributed by atoms with Gasteiger partial charge in [-0.1, -0.05) is 96.0 Å². The van der Waals surface area contributed by atoms with Crippen LogP contribution < -0.4 is 9.72 Å². The van der Waals surface area contributed by atoms with Crippen molar-refractivity contribution in [3.05, 3.63) is 146 Å². The van der Waals surface area contributed by atoms with Crippen LogP contribution in [0.15, 0.2) is 90.8 Å². The predicted octanol–water partition coefficient (Wildman–Crippen LogP) is 10.1. The van der Waals surface area contributed by atoms with Gasteiger partial charge in [0.05, 0.1) is 12.0 Å². The highest BCUT2D eigenvalue weighted by molar-refractivity contribution is 6.05. The standard InChI is InChI=1S/C53H55N3O6/c57-24-21-42-48(59)18-13-33-27-36(51(60)49(29-33)62-37-8-1-2-9-37)26-32-5-3-7-35(25-32)38-16-17-45(56-53-41(38)20-23-55-53)44-30-46-40(19-22-54-46)43(50(44)52(42)61)28-31-11-14-34-6-4-10-47(58)39(34)15-12-31/h3-7,10,12,15,19-20,22-23,25,27,29-31,37-38,42-43,45,50,55,57-58,60H,1-2,8-9,11,13-14,16-18,21,24,26,28H2/q-2. The third-order valence-electron chi connectivity index (χ3n) is 14.5. The molecular formula is C53H55N3O6-2. The first-order valence-electron chi connectivity index (χ1n) is 22.8. The van der Waals surface area contributed by atoms with Gasteiger partial charge in [0.2, 0.25) is 0 Å². The van der Waals surface area contributed by atoms with Crippen molar-refractivity contribution in [2.75, 3.05) is 6.61 Å². The highest BCUT2D eigenvalue weighted by Crippen LogP contribution is 2.51. The number of rotatable bonds is 6. The van der Waals surface area contributed by atoms with Gasteiger partial charge in [0.15, 0.2) is 17.3 Å². The number of benzene rings is 3. The van der Waals surface area contributed by atoms with E-state index in [2.05, 4.69) is 53.5 Å². The molecule has 3 aromatic carbocycles. The molecule has 0 amide bonds. The van der Waals surface area contributed by atoms with Crippen molar-refractivity contribution in [3.63, 3.8) is 0 Å². The van der Waals surface area contributed by atoms with Crippen LogP contribution in [0.3, 0.4) is 0 Å². The number of aromatic hydroxyl groups is 2. The monoisotopic (exact) mass is 829 g/mol. The molecule has 2 aromatic heterocycles. The summed E-state index contributed by atoms with van der Waals surface area (Å²) in [5.74, 6) is -0.579. The Kier molecular flexibility index (Phi) is 11.2. The van der Waals surface area contributed by atoms with Crippen molar-refractivity contribution in [1.29, 1.82) is 0 Å². The largest absolute Gasteiger partial charge is 0.664 e. The number of phenols is 2. The zero-order chi connectivity index (χ0) is 42.3. The minimum atomic E-state index is -1.02. The topological polar surface area (TPSA) is 148 Å². The molecule has 62 heavy (non-hydrogen) atoms. The maximum absolute atomic E-state index is 15.6. The Morgan fingerprint density at radius 1 is 0.839 bits per heavy atom. The molecule has 0 saturated heterocycles. The average Bonchev–Trinajstić information content (AvgIpc) is 4.03. The second kappa shape index (κ2) is 17.2. The molecule has 6 bridgehead atoms. The summed E-state index contributed by atoms with van der Waals surface area (Å²) in [5, 5.41) is 38.4. The zero-order valence-corrected chi connectivity index (χ0v) is 35.1. The molecule has 0 spiro atoms. The quantitative estimate of drug-likeness (QED) is 0.125. The van der Waals surface area contributed by atoms with E-state index in [1.165, 1.54) is 5.56 Å². The van der Waals surface area contributed by atoms with Crippen molar-refractivity contribution < 1.29 is 29.6 Å². The second-order valence-electron chi connectivity index (χ2n) is 18.3. The number of ether oxygens (including phenoxy) is 1.